The molecule has 0 amide bonds. The molecule has 0 aliphatic carbocycles. The third kappa shape index (κ3) is 6.04. The number of benzene rings is 2. The fourth-order valence-corrected chi connectivity index (χ4v) is 10.4. The van der Waals surface area contributed by atoms with E-state index < -0.39 is 18.1 Å². The van der Waals surface area contributed by atoms with E-state index in [1.807, 2.05) is 6.07 Å². The Morgan fingerprint density at radius 2 is 1.89 bits per heavy atom. The molecular formula is C43H42F4N8O2. The van der Waals surface area contributed by atoms with E-state index in [4.69, 9.17) is 30.8 Å². The monoisotopic (exact) mass is 778 g/mol. The quantitative estimate of drug-likeness (QED) is 0.126. The number of nitrogens with zero attached hydrogens (tertiary/aromatic N) is 7. The maximum atomic E-state index is 17.5. The van der Waals surface area contributed by atoms with Gasteiger partial charge < -0.3 is 19.7 Å². The van der Waals surface area contributed by atoms with Crippen LogP contribution in [0.4, 0.5) is 23.4 Å². The summed E-state index contributed by atoms with van der Waals surface area (Å²) in [7, 11) is 0. The van der Waals surface area contributed by atoms with E-state index in [-0.39, 0.29) is 71.1 Å². The number of alkyl halides is 2. The van der Waals surface area contributed by atoms with Gasteiger partial charge >= 0.3 is 6.01 Å². The average molecular weight is 779 g/mol. The zero-order chi connectivity index (χ0) is 39.0. The van der Waals surface area contributed by atoms with Crippen LogP contribution < -0.4 is 19.7 Å². The van der Waals surface area contributed by atoms with Crippen LogP contribution in [0.1, 0.15) is 87.6 Å². The minimum absolute atomic E-state index is 0.0256. The summed E-state index contributed by atoms with van der Waals surface area (Å²) in [4.78, 5) is 27.5. The van der Waals surface area contributed by atoms with Crippen molar-refractivity contribution in [2.45, 2.75) is 100 Å². The molecule has 0 saturated carbocycles. The van der Waals surface area contributed by atoms with Crippen LogP contribution in [0.25, 0.3) is 32.9 Å². The van der Waals surface area contributed by atoms with E-state index in [2.05, 4.69) is 37.9 Å². The highest BCUT2D eigenvalue weighted by Gasteiger charge is 2.50. The molecule has 10 rings (SSSR count). The van der Waals surface area contributed by atoms with Crippen LogP contribution in [0.3, 0.4) is 0 Å². The van der Waals surface area contributed by atoms with Gasteiger partial charge in [0.15, 0.2) is 5.82 Å². The molecule has 4 fully saturated rings. The number of fused-ring (bicyclic) bond motifs is 7. The van der Waals surface area contributed by atoms with Crippen LogP contribution in [0, 0.1) is 24.0 Å². The van der Waals surface area contributed by atoms with E-state index in [1.54, 1.807) is 18.2 Å². The number of piperazine rings is 1. The molecule has 10 nitrogen and oxygen atoms in total. The molecule has 14 heteroatoms. The number of ether oxygens (including phenoxy) is 2. The summed E-state index contributed by atoms with van der Waals surface area (Å²) in [5.74, 6) is 2.01. The van der Waals surface area contributed by atoms with E-state index in [0.717, 1.165) is 70.8 Å². The standard InChI is InChI=1S/C43H42F4N8O2/c1-3-27-29(44)11-9-24-6-4-7-28(34(24)27)38-36(45)39-35-37(51-38)23(2)8-13-32-30-12-10-25(50-30)19-54(32)41(35)53-42(52-39)57-21-43-15-5-17-55(43)26(14-16-43)20-56-33-18-31(40(46)47)48-22-49-33/h1,4,6-7,9,11,18,22-23,25-26,30,32,40,50H,5,8,10,12-17,19-21H2,2H3/t23-,25-,26+,30+,32-,43+/m1/s1. The van der Waals surface area contributed by atoms with Crippen LogP contribution in [-0.2, 0) is 0 Å². The zero-order valence-electron chi connectivity index (χ0n) is 31.5. The zero-order valence-corrected chi connectivity index (χ0v) is 31.5. The van der Waals surface area contributed by atoms with Gasteiger partial charge in [0.2, 0.25) is 5.88 Å². The highest BCUT2D eigenvalue weighted by molar-refractivity contribution is 6.03. The highest BCUT2D eigenvalue weighted by atomic mass is 19.3. The molecule has 1 N–H and O–H groups in total. The van der Waals surface area contributed by atoms with E-state index in [1.165, 1.54) is 12.1 Å². The molecule has 5 aliphatic heterocycles. The minimum Gasteiger partial charge on any atom is -0.476 e. The van der Waals surface area contributed by atoms with Gasteiger partial charge in [-0.15, -0.1) is 6.42 Å². The first kappa shape index (κ1) is 36.2. The van der Waals surface area contributed by atoms with Crippen molar-refractivity contribution in [3.63, 3.8) is 0 Å². The van der Waals surface area contributed by atoms with Crippen molar-refractivity contribution in [2.24, 2.45) is 0 Å². The first-order valence-electron chi connectivity index (χ1n) is 20.0. The third-order valence-electron chi connectivity index (χ3n) is 13.2. The van der Waals surface area contributed by atoms with Crippen molar-refractivity contribution in [1.29, 1.82) is 0 Å². The lowest BCUT2D eigenvalue weighted by Gasteiger charge is -2.44. The van der Waals surface area contributed by atoms with Gasteiger partial charge in [0.25, 0.3) is 6.43 Å². The molecule has 2 bridgehead atoms. The Balaban J connectivity index is 1.05. The number of hydrogen-bond acceptors (Lipinski definition) is 10. The average Bonchev–Trinajstić information content (AvgIpc) is 3.92. The molecule has 5 aliphatic rings. The van der Waals surface area contributed by atoms with Gasteiger partial charge in [0.1, 0.15) is 48.1 Å². The van der Waals surface area contributed by atoms with Crippen LogP contribution in [0.5, 0.6) is 11.9 Å². The number of hydrogen-bond donors (Lipinski definition) is 1. The Hall–Kier alpha value is -5.13. The van der Waals surface area contributed by atoms with Crippen LogP contribution in [0.15, 0.2) is 42.7 Å². The van der Waals surface area contributed by atoms with Crippen molar-refractivity contribution in [3.8, 4) is 35.5 Å². The maximum Gasteiger partial charge on any atom is 0.319 e. The normalized spacial score (nSPS) is 26.7. The Morgan fingerprint density at radius 3 is 2.75 bits per heavy atom. The largest absolute Gasteiger partial charge is 0.476 e. The van der Waals surface area contributed by atoms with Gasteiger partial charge in [-0.25, -0.2) is 32.5 Å². The molecule has 4 saturated heterocycles. The summed E-state index contributed by atoms with van der Waals surface area (Å²) < 4.78 is 71.7. The van der Waals surface area contributed by atoms with Crippen LogP contribution in [0.2, 0.25) is 0 Å². The molecule has 0 radical (unpaired) electrons. The maximum absolute atomic E-state index is 17.5. The molecule has 294 valence electrons. The minimum atomic E-state index is -2.71. The molecule has 0 unspecified atom stereocenters. The fourth-order valence-electron chi connectivity index (χ4n) is 10.4. The van der Waals surface area contributed by atoms with Gasteiger partial charge in [0, 0.05) is 47.7 Å². The predicted octanol–water partition coefficient (Wildman–Crippen LogP) is 7.49. The van der Waals surface area contributed by atoms with Crippen molar-refractivity contribution in [1.82, 2.24) is 35.1 Å². The molecule has 57 heavy (non-hydrogen) atoms. The molecule has 3 aromatic heterocycles. The first-order chi connectivity index (χ1) is 27.7. The molecule has 8 heterocycles. The Morgan fingerprint density at radius 1 is 1.00 bits per heavy atom. The van der Waals surface area contributed by atoms with Gasteiger partial charge in [0.05, 0.1) is 22.2 Å². The number of pyridine rings is 1. The SMILES string of the molecule is C#Cc1c(F)ccc2cccc(-c3nc4c5c(nc(OC[C@@]67CCCN6[C@H](COc6cc(C(F)F)ncn6)CC7)nc5c3F)N3C[C@H]5CC[C@H](N5)[C@H]3CC[C@H]4C)c12. The Kier molecular flexibility index (Phi) is 8.93. The molecule has 5 aromatic rings. The fraction of sp³-hybridized carbons (Fsp3) is 0.465. The van der Waals surface area contributed by atoms with Gasteiger partial charge in [-0.2, -0.15) is 9.97 Å². The van der Waals surface area contributed by atoms with E-state index in [9.17, 15) is 8.78 Å². The number of nitrogens with one attached hydrogen (secondary N) is 1. The summed E-state index contributed by atoms with van der Waals surface area (Å²) in [6.07, 6.45) is 11.6. The third-order valence-corrected chi connectivity index (χ3v) is 13.2. The molecule has 6 atom stereocenters. The van der Waals surface area contributed by atoms with Gasteiger partial charge in [-0.05, 0) is 75.3 Å². The predicted molar refractivity (Wildman–Crippen MR) is 207 cm³/mol. The topological polar surface area (TPSA) is 101 Å². The van der Waals surface area contributed by atoms with Crippen molar-refractivity contribution < 1.29 is 27.0 Å². The number of halogens is 4. The summed E-state index contributed by atoms with van der Waals surface area (Å²) in [6, 6.07) is 10.4. The first-order valence-corrected chi connectivity index (χ1v) is 20.0. The molecular weight excluding hydrogens is 737 g/mol. The summed E-state index contributed by atoms with van der Waals surface area (Å²) in [6.45, 7) is 4.24. The lowest BCUT2D eigenvalue weighted by Crippen LogP contribution is -2.58. The van der Waals surface area contributed by atoms with Crippen molar-refractivity contribution in [3.05, 3.63) is 71.3 Å². The lowest BCUT2D eigenvalue weighted by molar-refractivity contribution is 0.0677. The second-order valence-corrected chi connectivity index (χ2v) is 16.3. The number of anilines is 1. The summed E-state index contributed by atoms with van der Waals surface area (Å²) >= 11 is 0. The molecule has 2 aromatic carbocycles. The van der Waals surface area contributed by atoms with Gasteiger partial charge in [-0.1, -0.05) is 37.1 Å². The highest BCUT2D eigenvalue weighted by Crippen LogP contribution is 2.46. The van der Waals surface area contributed by atoms with Crippen molar-refractivity contribution in [2.75, 3.05) is 31.2 Å². The van der Waals surface area contributed by atoms with E-state index >= 15 is 8.78 Å². The smallest absolute Gasteiger partial charge is 0.319 e. The van der Waals surface area contributed by atoms with E-state index in [0.29, 0.717) is 45.3 Å². The van der Waals surface area contributed by atoms with Crippen LogP contribution in [-0.4, -0.2) is 85.8 Å². The number of terminal acetylenes is 1. The van der Waals surface area contributed by atoms with Gasteiger partial charge in [-0.3, -0.25) is 4.90 Å². The van der Waals surface area contributed by atoms with Crippen molar-refractivity contribution >= 4 is 27.5 Å². The number of rotatable bonds is 8. The Labute approximate surface area is 327 Å². The molecule has 0 spiro atoms. The Bertz CT molecular complexity index is 2450. The number of aromatic nitrogens is 5. The van der Waals surface area contributed by atoms with Crippen LogP contribution >= 0.6 is 0 Å². The second kappa shape index (κ2) is 14.1. The lowest BCUT2D eigenvalue weighted by atomic mass is 9.88. The summed E-state index contributed by atoms with van der Waals surface area (Å²) in [5, 5.41) is 5.50. The summed E-state index contributed by atoms with van der Waals surface area (Å²) in [5.41, 5.74) is 0.644. The second-order valence-electron chi connectivity index (χ2n) is 16.3.